The molecule has 2 N–H and O–H groups in total. The van der Waals surface area contributed by atoms with Gasteiger partial charge in [0.15, 0.2) is 9.84 Å². The molecular weight excluding hydrogens is 551 g/mol. The van der Waals surface area contributed by atoms with Crippen molar-refractivity contribution in [2.24, 2.45) is 5.73 Å². The molecule has 0 saturated carbocycles. The summed E-state index contributed by atoms with van der Waals surface area (Å²) >= 11 is 0. The number of alkyl halides is 3. The lowest BCUT2D eigenvalue weighted by Gasteiger charge is -2.24. The quantitative estimate of drug-likeness (QED) is 0.387. The molecular formula is C25H24F3N7O4S. The third-order valence-corrected chi connectivity index (χ3v) is 7.98. The summed E-state index contributed by atoms with van der Waals surface area (Å²) in [7, 11) is -3.92. The van der Waals surface area contributed by atoms with E-state index in [0.29, 0.717) is 22.7 Å². The Kier molecular flexibility index (Phi) is 6.53. The Balaban J connectivity index is 1.51. The predicted octanol–water partition coefficient (Wildman–Crippen LogP) is 3.28. The maximum Gasteiger partial charge on any atom is 0.453 e. The number of amides is 1. The van der Waals surface area contributed by atoms with Crippen molar-refractivity contribution in [2.75, 3.05) is 10.7 Å². The van der Waals surface area contributed by atoms with E-state index < -0.39 is 45.0 Å². The molecule has 0 radical (unpaired) electrons. The van der Waals surface area contributed by atoms with Crippen molar-refractivity contribution in [3.8, 4) is 17.1 Å². The SMILES string of the molecule is CC(C)(C)c1nnc(-c2ccc3c(c2)N(Cc2ccc(-n4cnc(C(F)(F)F)n4)cc2)C(=O)[C@@H](N)CS3(=O)=O)o1. The van der Waals surface area contributed by atoms with Gasteiger partial charge in [-0.2, -0.15) is 13.2 Å². The van der Waals surface area contributed by atoms with Crippen molar-refractivity contribution in [3.63, 3.8) is 0 Å². The number of benzene rings is 2. The first-order valence-electron chi connectivity index (χ1n) is 12.0. The number of fused-ring (bicyclic) bond motifs is 1. The number of carbonyl (C=O) groups excluding carboxylic acids is 1. The van der Waals surface area contributed by atoms with Crippen molar-refractivity contribution < 1.29 is 30.8 Å². The Labute approximate surface area is 226 Å². The lowest BCUT2D eigenvalue weighted by atomic mass is 9.97. The van der Waals surface area contributed by atoms with Gasteiger partial charge in [-0.25, -0.2) is 18.1 Å². The molecule has 15 heteroatoms. The van der Waals surface area contributed by atoms with Crippen molar-refractivity contribution in [2.45, 2.75) is 49.8 Å². The van der Waals surface area contributed by atoms with Gasteiger partial charge in [-0.3, -0.25) is 4.79 Å². The zero-order valence-corrected chi connectivity index (χ0v) is 22.4. The van der Waals surface area contributed by atoms with Crippen molar-refractivity contribution in [1.82, 2.24) is 25.0 Å². The second-order valence-corrected chi connectivity index (χ2v) is 12.3. The second kappa shape index (κ2) is 9.52. The zero-order chi connectivity index (χ0) is 29.0. The van der Waals surface area contributed by atoms with E-state index in [4.69, 9.17) is 10.2 Å². The normalized spacial score (nSPS) is 17.5. The highest BCUT2D eigenvalue weighted by Gasteiger charge is 2.37. The van der Waals surface area contributed by atoms with Crippen LogP contribution < -0.4 is 10.6 Å². The summed E-state index contributed by atoms with van der Waals surface area (Å²) in [6, 6.07) is 9.26. The van der Waals surface area contributed by atoms with Gasteiger partial charge in [-0.05, 0) is 35.9 Å². The van der Waals surface area contributed by atoms with Gasteiger partial charge < -0.3 is 15.1 Å². The topological polar surface area (TPSA) is 150 Å². The first kappa shape index (κ1) is 27.5. The van der Waals surface area contributed by atoms with Gasteiger partial charge in [0.05, 0.1) is 34.6 Å². The minimum absolute atomic E-state index is 0.0684. The molecule has 40 heavy (non-hydrogen) atoms. The molecule has 0 unspecified atom stereocenters. The van der Waals surface area contributed by atoms with Crippen LogP contribution in [0, 0.1) is 0 Å². The molecule has 2 aromatic heterocycles. The van der Waals surface area contributed by atoms with Crippen LogP contribution in [-0.4, -0.2) is 51.1 Å². The van der Waals surface area contributed by atoms with E-state index in [2.05, 4.69) is 20.3 Å². The van der Waals surface area contributed by atoms with Crippen LogP contribution in [-0.2, 0) is 32.8 Å². The number of halogens is 3. The molecule has 1 aliphatic rings. The Morgan fingerprint density at radius 1 is 1.07 bits per heavy atom. The molecule has 5 rings (SSSR count). The van der Waals surface area contributed by atoms with Gasteiger partial charge in [-0.15, -0.1) is 15.3 Å². The number of nitrogens with two attached hydrogens (primary N) is 1. The Morgan fingerprint density at radius 2 is 1.77 bits per heavy atom. The molecule has 1 amide bonds. The Bertz CT molecular complexity index is 1690. The maximum absolute atomic E-state index is 13.3. The molecule has 11 nitrogen and oxygen atoms in total. The summed E-state index contributed by atoms with van der Waals surface area (Å²) in [5, 5.41) is 11.6. The van der Waals surface area contributed by atoms with Crippen LogP contribution in [0.1, 0.15) is 38.0 Å². The monoisotopic (exact) mass is 575 g/mol. The van der Waals surface area contributed by atoms with E-state index in [-0.39, 0.29) is 23.0 Å². The molecule has 0 aliphatic carbocycles. The fourth-order valence-electron chi connectivity index (χ4n) is 4.10. The van der Waals surface area contributed by atoms with E-state index in [1.54, 1.807) is 12.1 Å². The Hall–Kier alpha value is -4.11. The van der Waals surface area contributed by atoms with Crippen molar-refractivity contribution in [3.05, 3.63) is 66.1 Å². The van der Waals surface area contributed by atoms with E-state index >= 15 is 0 Å². The molecule has 1 aliphatic heterocycles. The smallest absolute Gasteiger partial charge is 0.420 e. The summed E-state index contributed by atoms with van der Waals surface area (Å²) in [6.07, 6.45) is -3.74. The Morgan fingerprint density at radius 3 is 2.38 bits per heavy atom. The zero-order valence-electron chi connectivity index (χ0n) is 21.5. The summed E-state index contributed by atoms with van der Waals surface area (Å²) < 4.78 is 71.6. The van der Waals surface area contributed by atoms with Crippen LogP contribution in [0.2, 0.25) is 0 Å². The highest BCUT2D eigenvalue weighted by molar-refractivity contribution is 7.91. The number of hydrogen-bond donors (Lipinski definition) is 1. The average Bonchev–Trinajstić information content (AvgIpc) is 3.56. The largest absolute Gasteiger partial charge is 0.453 e. The average molecular weight is 576 g/mol. The highest BCUT2D eigenvalue weighted by atomic mass is 32.2. The number of nitrogens with zero attached hydrogens (tertiary/aromatic N) is 6. The molecule has 0 spiro atoms. The second-order valence-electron chi connectivity index (χ2n) is 10.3. The minimum Gasteiger partial charge on any atom is -0.420 e. The van der Waals surface area contributed by atoms with Crippen LogP contribution in [0.5, 0.6) is 0 Å². The van der Waals surface area contributed by atoms with Gasteiger partial charge >= 0.3 is 6.18 Å². The number of anilines is 1. The number of rotatable bonds is 4. The van der Waals surface area contributed by atoms with Gasteiger partial charge in [0.2, 0.25) is 17.7 Å². The van der Waals surface area contributed by atoms with Crippen LogP contribution in [0.15, 0.2) is 58.1 Å². The van der Waals surface area contributed by atoms with Crippen LogP contribution >= 0.6 is 0 Å². The maximum atomic E-state index is 13.3. The number of carbonyl (C=O) groups is 1. The molecule has 1 atom stereocenters. The van der Waals surface area contributed by atoms with E-state index in [9.17, 15) is 26.4 Å². The summed E-state index contributed by atoms with van der Waals surface area (Å²) in [5.74, 6) is -1.92. The van der Waals surface area contributed by atoms with Crippen LogP contribution in [0.3, 0.4) is 0 Å². The predicted molar refractivity (Wildman–Crippen MR) is 136 cm³/mol. The fourth-order valence-corrected chi connectivity index (χ4v) is 5.66. The molecule has 0 bridgehead atoms. The van der Waals surface area contributed by atoms with Crippen molar-refractivity contribution >= 4 is 21.4 Å². The first-order valence-corrected chi connectivity index (χ1v) is 13.6. The number of sulfone groups is 1. The van der Waals surface area contributed by atoms with E-state index in [1.807, 2.05) is 20.8 Å². The van der Waals surface area contributed by atoms with Crippen molar-refractivity contribution in [1.29, 1.82) is 0 Å². The van der Waals surface area contributed by atoms with Gasteiger partial charge in [-0.1, -0.05) is 32.9 Å². The molecule has 3 heterocycles. The molecule has 210 valence electrons. The van der Waals surface area contributed by atoms with E-state index in [1.165, 1.54) is 35.2 Å². The lowest BCUT2D eigenvalue weighted by Crippen LogP contribution is -2.45. The molecule has 4 aromatic rings. The third-order valence-electron chi connectivity index (χ3n) is 6.17. The summed E-state index contributed by atoms with van der Waals surface area (Å²) in [6.45, 7) is 5.64. The first-order chi connectivity index (χ1) is 18.6. The molecule has 0 fully saturated rings. The minimum atomic E-state index is -4.68. The van der Waals surface area contributed by atoms with Crippen LogP contribution in [0.4, 0.5) is 18.9 Å². The van der Waals surface area contributed by atoms with E-state index in [0.717, 1.165) is 11.0 Å². The lowest BCUT2D eigenvalue weighted by molar-refractivity contribution is -0.144. The molecule has 0 saturated heterocycles. The van der Waals surface area contributed by atoms with Gasteiger partial charge in [0.25, 0.3) is 5.82 Å². The van der Waals surface area contributed by atoms with Gasteiger partial charge in [0.1, 0.15) is 6.33 Å². The highest BCUT2D eigenvalue weighted by Crippen LogP contribution is 2.36. The number of hydrogen-bond acceptors (Lipinski definition) is 9. The summed E-state index contributed by atoms with van der Waals surface area (Å²) in [5.41, 5.74) is 6.95. The number of aromatic nitrogens is 5. The fraction of sp³-hybridized carbons (Fsp3) is 0.320. The van der Waals surface area contributed by atoms with Crippen LogP contribution in [0.25, 0.3) is 17.1 Å². The summed E-state index contributed by atoms with van der Waals surface area (Å²) in [4.78, 5) is 17.8. The molecule has 2 aromatic carbocycles. The van der Waals surface area contributed by atoms with Gasteiger partial charge in [0, 0.05) is 11.0 Å². The standard InChI is InChI=1S/C25H24F3N7O4S/c1-24(2,3)23-32-31-20(39-23)15-6-9-19-18(10-15)34(21(36)17(29)12-40(19,37)38)11-14-4-7-16(8-5-14)35-13-30-22(33-35)25(26,27)28/h4-10,13,17H,11-12,29H2,1-3H3/t17-/m0/s1. The third kappa shape index (κ3) is 5.21.